The van der Waals surface area contributed by atoms with Gasteiger partial charge in [-0.2, -0.15) is 0 Å². The predicted octanol–water partition coefficient (Wildman–Crippen LogP) is 3.30. The van der Waals surface area contributed by atoms with E-state index in [4.69, 9.17) is 0 Å². The molecule has 0 aliphatic carbocycles. The summed E-state index contributed by atoms with van der Waals surface area (Å²) in [6.07, 6.45) is 5.97. The molecule has 2 rings (SSSR count). The zero-order valence-corrected chi connectivity index (χ0v) is 16.5. The second-order valence-electron chi connectivity index (χ2n) is 5.80. The Morgan fingerprint density at radius 2 is 2.04 bits per heavy atom. The second kappa shape index (κ2) is 12.1. The first kappa shape index (κ1) is 22.6. The van der Waals surface area contributed by atoms with E-state index in [-0.39, 0.29) is 30.7 Å². The first-order valence-electron chi connectivity index (χ1n) is 8.11. The number of nitrogens with one attached hydrogen (secondary N) is 2. The number of hydrogen-bond acceptors (Lipinski definition) is 4. The molecule has 2 heterocycles. The minimum Gasteiger partial charge on any atom is -0.356 e. The van der Waals surface area contributed by atoms with Crippen LogP contribution in [-0.2, 0) is 17.6 Å². The zero-order valence-electron chi connectivity index (χ0n) is 14.0. The molecule has 23 heavy (non-hydrogen) atoms. The molecule has 0 aromatic carbocycles. The number of rotatable bonds is 7. The fourth-order valence-electron chi connectivity index (χ4n) is 2.83. The molecule has 4 nitrogen and oxygen atoms in total. The third kappa shape index (κ3) is 7.84. The van der Waals surface area contributed by atoms with Crippen molar-refractivity contribution >= 4 is 42.1 Å². The van der Waals surface area contributed by atoms with Gasteiger partial charge in [-0.3, -0.25) is 4.79 Å². The number of piperidine rings is 1. The standard InChI is InChI=1S/C16H27N3OS.2ClH/c1-3-14-12(2)21-16(19-14)8-11-18-15(20)5-4-13-6-9-17-10-7-13;;/h13,17H,3-11H2,1-2H3,(H,18,20);2*1H. The molecule has 1 fully saturated rings. The van der Waals surface area contributed by atoms with Crippen molar-refractivity contribution in [2.75, 3.05) is 19.6 Å². The van der Waals surface area contributed by atoms with Crippen molar-refractivity contribution in [3.63, 3.8) is 0 Å². The van der Waals surface area contributed by atoms with Crippen molar-refractivity contribution in [1.82, 2.24) is 15.6 Å². The van der Waals surface area contributed by atoms with Crippen molar-refractivity contribution in [2.24, 2.45) is 5.92 Å². The van der Waals surface area contributed by atoms with Gasteiger partial charge in [0.25, 0.3) is 0 Å². The molecule has 134 valence electrons. The van der Waals surface area contributed by atoms with E-state index in [0.717, 1.165) is 43.3 Å². The van der Waals surface area contributed by atoms with Crippen LogP contribution in [0.4, 0.5) is 0 Å². The number of carbonyl (C=O) groups excluding carboxylic acids is 1. The quantitative estimate of drug-likeness (QED) is 0.761. The number of aromatic nitrogens is 1. The van der Waals surface area contributed by atoms with Gasteiger partial charge in [0.15, 0.2) is 0 Å². The van der Waals surface area contributed by atoms with Gasteiger partial charge in [0.05, 0.1) is 10.7 Å². The summed E-state index contributed by atoms with van der Waals surface area (Å²) in [6, 6.07) is 0. The Labute approximate surface area is 156 Å². The van der Waals surface area contributed by atoms with Gasteiger partial charge in [-0.25, -0.2) is 4.98 Å². The van der Waals surface area contributed by atoms with Crippen LogP contribution in [0.5, 0.6) is 0 Å². The summed E-state index contributed by atoms with van der Waals surface area (Å²) in [5.41, 5.74) is 1.20. The molecular formula is C16H29Cl2N3OS. The van der Waals surface area contributed by atoms with E-state index in [9.17, 15) is 4.79 Å². The maximum Gasteiger partial charge on any atom is 0.220 e. The van der Waals surface area contributed by atoms with Gasteiger partial charge in [0.2, 0.25) is 5.91 Å². The summed E-state index contributed by atoms with van der Waals surface area (Å²) in [7, 11) is 0. The third-order valence-corrected chi connectivity index (χ3v) is 5.24. The number of halogens is 2. The van der Waals surface area contributed by atoms with E-state index in [1.807, 2.05) is 0 Å². The van der Waals surface area contributed by atoms with Gasteiger partial charge in [-0.05, 0) is 51.6 Å². The lowest BCUT2D eigenvalue weighted by molar-refractivity contribution is -0.121. The third-order valence-electron chi connectivity index (χ3n) is 4.17. The lowest BCUT2D eigenvalue weighted by Crippen LogP contribution is -2.30. The average Bonchev–Trinajstić information content (AvgIpc) is 2.86. The van der Waals surface area contributed by atoms with E-state index in [0.29, 0.717) is 13.0 Å². The van der Waals surface area contributed by atoms with E-state index in [2.05, 4.69) is 29.5 Å². The average molecular weight is 382 g/mol. The van der Waals surface area contributed by atoms with Crippen LogP contribution >= 0.6 is 36.2 Å². The minimum atomic E-state index is 0. The molecule has 0 atom stereocenters. The molecule has 0 bridgehead atoms. The fraction of sp³-hybridized carbons (Fsp3) is 0.750. The van der Waals surface area contributed by atoms with E-state index >= 15 is 0 Å². The van der Waals surface area contributed by atoms with Crippen LogP contribution in [0.2, 0.25) is 0 Å². The molecule has 0 unspecified atom stereocenters. The van der Waals surface area contributed by atoms with Crippen molar-refractivity contribution < 1.29 is 4.79 Å². The molecular weight excluding hydrogens is 353 g/mol. The Balaban J connectivity index is 0.00000242. The van der Waals surface area contributed by atoms with Gasteiger partial charge < -0.3 is 10.6 Å². The highest BCUT2D eigenvalue weighted by Gasteiger charge is 2.14. The molecule has 1 aromatic heterocycles. The highest BCUT2D eigenvalue weighted by Crippen LogP contribution is 2.19. The molecule has 0 saturated carbocycles. The lowest BCUT2D eigenvalue weighted by Gasteiger charge is -2.22. The predicted molar refractivity (Wildman–Crippen MR) is 102 cm³/mol. The van der Waals surface area contributed by atoms with E-state index in [1.54, 1.807) is 11.3 Å². The van der Waals surface area contributed by atoms with Crippen molar-refractivity contribution in [1.29, 1.82) is 0 Å². The van der Waals surface area contributed by atoms with Gasteiger partial charge >= 0.3 is 0 Å². The summed E-state index contributed by atoms with van der Waals surface area (Å²) in [5, 5.41) is 7.53. The number of carbonyl (C=O) groups is 1. The van der Waals surface area contributed by atoms with Crippen LogP contribution in [0.25, 0.3) is 0 Å². The van der Waals surface area contributed by atoms with Crippen LogP contribution in [0.15, 0.2) is 0 Å². The molecule has 1 amide bonds. The molecule has 7 heteroatoms. The second-order valence-corrected chi connectivity index (χ2v) is 7.08. The van der Waals surface area contributed by atoms with Gasteiger partial charge in [-0.1, -0.05) is 6.92 Å². The van der Waals surface area contributed by atoms with Gasteiger partial charge in [-0.15, -0.1) is 36.2 Å². The topological polar surface area (TPSA) is 54.0 Å². The largest absolute Gasteiger partial charge is 0.356 e. The van der Waals surface area contributed by atoms with Crippen LogP contribution < -0.4 is 10.6 Å². The SMILES string of the molecule is CCc1nc(CCNC(=O)CCC2CCNCC2)sc1C.Cl.Cl. The highest BCUT2D eigenvalue weighted by molar-refractivity contribution is 7.11. The Kier molecular flexibility index (Phi) is 11.9. The van der Waals surface area contributed by atoms with Gasteiger partial charge in [0, 0.05) is 24.3 Å². The normalized spacial score (nSPS) is 14.7. The number of aryl methyl sites for hydroxylation is 2. The molecule has 1 saturated heterocycles. The number of nitrogens with zero attached hydrogens (tertiary/aromatic N) is 1. The molecule has 0 spiro atoms. The Bertz CT molecular complexity index is 462. The minimum absolute atomic E-state index is 0. The Morgan fingerprint density at radius 1 is 1.35 bits per heavy atom. The van der Waals surface area contributed by atoms with Crippen LogP contribution in [0.1, 0.15) is 48.2 Å². The van der Waals surface area contributed by atoms with Crippen LogP contribution in [0, 0.1) is 12.8 Å². The summed E-state index contributed by atoms with van der Waals surface area (Å²) in [6.45, 7) is 7.18. The smallest absolute Gasteiger partial charge is 0.220 e. The maximum absolute atomic E-state index is 11.9. The van der Waals surface area contributed by atoms with Crippen molar-refractivity contribution in [3.8, 4) is 0 Å². The Morgan fingerprint density at radius 3 is 2.65 bits per heavy atom. The van der Waals surface area contributed by atoms with Crippen molar-refractivity contribution in [2.45, 2.75) is 52.4 Å². The summed E-state index contributed by atoms with van der Waals surface area (Å²) < 4.78 is 0. The summed E-state index contributed by atoms with van der Waals surface area (Å²) >= 11 is 1.76. The zero-order chi connectivity index (χ0) is 15.1. The first-order valence-corrected chi connectivity index (χ1v) is 8.93. The van der Waals surface area contributed by atoms with E-state index < -0.39 is 0 Å². The Hall–Kier alpha value is -0.360. The molecule has 0 radical (unpaired) electrons. The number of hydrogen-bond donors (Lipinski definition) is 2. The molecule has 2 N–H and O–H groups in total. The molecule has 1 aliphatic heterocycles. The molecule has 1 aromatic rings. The highest BCUT2D eigenvalue weighted by atomic mass is 35.5. The van der Waals surface area contributed by atoms with Crippen molar-refractivity contribution in [3.05, 3.63) is 15.6 Å². The summed E-state index contributed by atoms with van der Waals surface area (Å²) in [4.78, 5) is 17.8. The summed E-state index contributed by atoms with van der Waals surface area (Å²) in [5.74, 6) is 0.920. The monoisotopic (exact) mass is 381 g/mol. The number of amides is 1. The van der Waals surface area contributed by atoms with Crippen LogP contribution in [0.3, 0.4) is 0 Å². The van der Waals surface area contributed by atoms with E-state index in [1.165, 1.54) is 23.4 Å². The lowest BCUT2D eigenvalue weighted by atomic mass is 9.93. The van der Waals surface area contributed by atoms with Crippen LogP contribution in [-0.4, -0.2) is 30.5 Å². The first-order chi connectivity index (χ1) is 10.2. The molecule has 1 aliphatic rings. The van der Waals surface area contributed by atoms with Gasteiger partial charge in [0.1, 0.15) is 0 Å². The maximum atomic E-state index is 11.9. The number of thiazole rings is 1. The fourth-order valence-corrected chi connectivity index (χ4v) is 3.85.